The SMILES string of the molecule is [2H]C([2H])([2H])N1C(C(=O)Nc2ccc(F)c(Cl)c2)=CC(c2ccc(Br)s2)=NS1(=O)=O. The molecule has 1 amide bonds. The van der Waals surface area contributed by atoms with Crippen LogP contribution < -0.4 is 5.32 Å². The summed E-state index contributed by atoms with van der Waals surface area (Å²) in [5, 5.41) is 2.05. The maximum Gasteiger partial charge on any atom is 0.345 e. The van der Waals surface area contributed by atoms with E-state index in [4.69, 9.17) is 15.7 Å². The number of thiophene rings is 1. The minimum absolute atomic E-state index is 0.0351. The van der Waals surface area contributed by atoms with Crippen molar-refractivity contribution in [3.05, 3.63) is 61.6 Å². The van der Waals surface area contributed by atoms with E-state index in [0.717, 1.165) is 29.5 Å². The third-order valence-corrected chi connectivity index (χ3v) is 6.19. The summed E-state index contributed by atoms with van der Waals surface area (Å²) in [6, 6.07) is 6.53. The third-order valence-electron chi connectivity index (χ3n) is 3.17. The predicted octanol–water partition coefficient (Wildman–Crippen LogP) is 3.81. The zero-order chi connectivity index (χ0) is 21.6. The van der Waals surface area contributed by atoms with Crippen LogP contribution in [-0.2, 0) is 15.0 Å². The van der Waals surface area contributed by atoms with Crippen LogP contribution in [0.15, 0.2) is 50.3 Å². The maximum atomic E-state index is 13.3. The van der Waals surface area contributed by atoms with Crippen molar-refractivity contribution in [2.45, 2.75) is 0 Å². The lowest BCUT2D eigenvalue weighted by Gasteiger charge is -2.23. The number of nitrogens with one attached hydrogen (secondary N) is 1. The van der Waals surface area contributed by atoms with Crippen LogP contribution in [0, 0.1) is 5.82 Å². The van der Waals surface area contributed by atoms with Gasteiger partial charge in [-0.3, -0.25) is 4.79 Å². The van der Waals surface area contributed by atoms with Gasteiger partial charge in [0.05, 0.1) is 19.4 Å². The molecule has 2 heterocycles. The fourth-order valence-corrected chi connectivity index (χ4v) is 4.45. The molecule has 0 saturated carbocycles. The van der Waals surface area contributed by atoms with Crippen molar-refractivity contribution in [2.24, 2.45) is 4.40 Å². The molecule has 136 valence electrons. The van der Waals surface area contributed by atoms with E-state index in [2.05, 4.69) is 25.6 Å². The molecular formula is C15H10BrClFN3O3S2. The Morgan fingerprint density at radius 3 is 2.81 bits per heavy atom. The Balaban J connectivity index is 2.07. The number of benzene rings is 1. The van der Waals surface area contributed by atoms with Gasteiger partial charge >= 0.3 is 10.2 Å². The van der Waals surface area contributed by atoms with Gasteiger partial charge in [-0.25, -0.2) is 8.70 Å². The summed E-state index contributed by atoms with van der Waals surface area (Å²) in [6.07, 6.45) is 1.06. The lowest BCUT2D eigenvalue weighted by Crippen LogP contribution is -2.35. The van der Waals surface area contributed by atoms with Gasteiger partial charge in [0, 0.05) is 16.8 Å². The molecule has 2 aromatic rings. The summed E-state index contributed by atoms with van der Waals surface area (Å²) >= 11 is 10.1. The first-order valence-corrected chi connectivity index (χ1v) is 10.2. The van der Waals surface area contributed by atoms with Gasteiger partial charge in [0.2, 0.25) is 0 Å². The van der Waals surface area contributed by atoms with Gasteiger partial charge in [0.15, 0.2) is 0 Å². The van der Waals surface area contributed by atoms with Gasteiger partial charge in [-0.15, -0.1) is 15.7 Å². The van der Waals surface area contributed by atoms with Gasteiger partial charge in [-0.05, 0) is 52.3 Å². The summed E-state index contributed by atoms with van der Waals surface area (Å²) in [7, 11) is -4.74. The number of likely N-dealkylation sites (N-methyl/N-ethyl adjacent to an activating group) is 1. The van der Waals surface area contributed by atoms with E-state index >= 15 is 0 Å². The van der Waals surface area contributed by atoms with Crippen LogP contribution in [0.1, 0.15) is 8.99 Å². The van der Waals surface area contributed by atoms with Crippen molar-refractivity contribution < 1.29 is 21.7 Å². The second-order valence-corrected chi connectivity index (χ2v) is 9.25. The fourth-order valence-electron chi connectivity index (χ4n) is 2.00. The minimum Gasteiger partial charge on any atom is -0.321 e. The van der Waals surface area contributed by atoms with Crippen LogP contribution in [0.4, 0.5) is 10.1 Å². The molecule has 0 bridgehead atoms. The Kier molecular flexibility index (Phi) is 4.19. The predicted molar refractivity (Wildman–Crippen MR) is 103 cm³/mol. The number of halogens is 3. The number of rotatable bonds is 3. The van der Waals surface area contributed by atoms with Crippen LogP contribution >= 0.6 is 38.9 Å². The highest BCUT2D eigenvalue weighted by molar-refractivity contribution is 9.11. The average Bonchev–Trinajstić information content (AvgIpc) is 3.02. The van der Waals surface area contributed by atoms with Crippen molar-refractivity contribution in [2.75, 3.05) is 12.3 Å². The molecule has 1 aromatic heterocycles. The number of allylic oxidation sites excluding steroid dienone is 1. The van der Waals surface area contributed by atoms with Crippen molar-refractivity contribution >= 4 is 66.4 Å². The Morgan fingerprint density at radius 2 is 2.19 bits per heavy atom. The Hall–Kier alpha value is -1.75. The van der Waals surface area contributed by atoms with Gasteiger partial charge in [-0.1, -0.05) is 11.6 Å². The maximum absolute atomic E-state index is 13.3. The lowest BCUT2D eigenvalue weighted by molar-refractivity contribution is -0.113. The summed E-state index contributed by atoms with van der Waals surface area (Å²) in [4.78, 5) is 13.2. The van der Waals surface area contributed by atoms with E-state index in [9.17, 15) is 17.6 Å². The Labute approximate surface area is 170 Å². The molecule has 0 saturated heterocycles. The molecule has 0 atom stereocenters. The van der Waals surface area contributed by atoms with Crippen molar-refractivity contribution in [3.63, 3.8) is 0 Å². The molecule has 1 aromatic carbocycles. The molecule has 26 heavy (non-hydrogen) atoms. The number of carbonyl (C=O) groups excluding carboxylic acids is 1. The van der Waals surface area contributed by atoms with E-state index in [1.54, 1.807) is 12.1 Å². The summed E-state index contributed by atoms with van der Waals surface area (Å²) in [6.45, 7) is -3.20. The van der Waals surface area contributed by atoms with E-state index in [0.29, 0.717) is 8.66 Å². The Bertz CT molecular complexity index is 1170. The zero-order valence-corrected chi connectivity index (χ0v) is 16.5. The molecule has 0 spiro atoms. The van der Waals surface area contributed by atoms with E-state index in [1.807, 2.05) is 0 Å². The molecule has 0 fully saturated rings. The van der Waals surface area contributed by atoms with Gasteiger partial charge in [0.25, 0.3) is 5.91 Å². The number of hydrogen-bond acceptors (Lipinski definition) is 4. The average molecular weight is 482 g/mol. The number of nitrogens with zero attached hydrogens (tertiary/aromatic N) is 2. The van der Waals surface area contributed by atoms with Gasteiger partial charge in [0.1, 0.15) is 11.5 Å². The van der Waals surface area contributed by atoms with Crippen molar-refractivity contribution in [1.82, 2.24) is 4.31 Å². The first-order valence-electron chi connectivity index (χ1n) is 8.27. The van der Waals surface area contributed by atoms with E-state index in [1.165, 1.54) is 6.07 Å². The summed E-state index contributed by atoms with van der Waals surface area (Å²) in [5.74, 6) is -1.76. The smallest absolute Gasteiger partial charge is 0.321 e. The number of anilines is 1. The zero-order valence-electron chi connectivity index (χ0n) is 15.5. The monoisotopic (exact) mass is 480 g/mol. The van der Waals surface area contributed by atoms with E-state index < -0.39 is 34.6 Å². The Morgan fingerprint density at radius 1 is 1.42 bits per heavy atom. The van der Waals surface area contributed by atoms with E-state index in [-0.39, 0.29) is 20.7 Å². The summed E-state index contributed by atoms with van der Waals surface area (Å²) in [5.41, 5.74) is -0.712. The molecule has 3 rings (SSSR count). The topological polar surface area (TPSA) is 78.8 Å². The molecule has 1 aliphatic rings. The highest BCUT2D eigenvalue weighted by Crippen LogP contribution is 2.27. The second-order valence-electron chi connectivity index (χ2n) is 4.94. The normalized spacial score (nSPS) is 18.3. The number of amides is 1. The summed E-state index contributed by atoms with van der Waals surface area (Å²) < 4.78 is 65.2. The fraction of sp³-hybridized carbons (Fsp3) is 0.0667. The largest absolute Gasteiger partial charge is 0.345 e. The molecule has 1 aliphatic heterocycles. The number of carbonyl (C=O) groups is 1. The molecule has 6 nitrogen and oxygen atoms in total. The quantitative estimate of drug-likeness (QED) is 0.724. The first kappa shape index (κ1) is 15.3. The molecule has 0 aliphatic carbocycles. The van der Waals surface area contributed by atoms with Crippen molar-refractivity contribution in [3.8, 4) is 0 Å². The highest BCUT2D eigenvalue weighted by atomic mass is 79.9. The molecule has 0 radical (unpaired) electrons. The first-order chi connectivity index (χ1) is 13.4. The third kappa shape index (κ3) is 3.83. The highest BCUT2D eigenvalue weighted by Gasteiger charge is 2.30. The molecular weight excluding hydrogens is 469 g/mol. The van der Waals surface area contributed by atoms with Crippen molar-refractivity contribution in [1.29, 1.82) is 0 Å². The molecule has 11 heteroatoms. The molecule has 0 unspecified atom stereocenters. The van der Waals surface area contributed by atoms with Crippen LogP contribution in [0.25, 0.3) is 0 Å². The van der Waals surface area contributed by atoms with Gasteiger partial charge in [-0.2, -0.15) is 8.42 Å². The minimum atomic E-state index is -4.74. The van der Waals surface area contributed by atoms with Crippen LogP contribution in [-0.4, -0.2) is 31.3 Å². The lowest BCUT2D eigenvalue weighted by atomic mass is 10.2. The van der Waals surface area contributed by atoms with Crippen LogP contribution in [0.3, 0.4) is 0 Å². The molecule has 1 N–H and O–H groups in total. The van der Waals surface area contributed by atoms with Crippen LogP contribution in [0.5, 0.6) is 0 Å². The standard InChI is InChI=1S/C15H10BrClFN3O3S2/c1-21-12(15(22)19-8-2-3-10(18)9(17)6-8)7-11(20-26(21,23)24)13-4-5-14(16)25-13/h2-7H,1H3,(H,19,22)/i1D3. The van der Waals surface area contributed by atoms with Gasteiger partial charge < -0.3 is 5.32 Å². The van der Waals surface area contributed by atoms with Crippen LogP contribution in [0.2, 0.25) is 5.02 Å². The number of hydrogen-bond donors (Lipinski definition) is 1. The second kappa shape index (κ2) is 7.10.